The lowest BCUT2D eigenvalue weighted by atomic mass is 10.1. The topological polar surface area (TPSA) is 96.5 Å². The highest BCUT2D eigenvalue weighted by molar-refractivity contribution is 6.01. The summed E-state index contributed by atoms with van der Waals surface area (Å²) in [6, 6.07) is 20.9. The molecule has 7 nitrogen and oxygen atoms in total. The van der Waals surface area contributed by atoms with E-state index in [1.807, 2.05) is 75.4 Å². The van der Waals surface area contributed by atoms with Crippen LogP contribution in [0.4, 0.5) is 0 Å². The highest BCUT2D eigenvalue weighted by Gasteiger charge is 2.18. The van der Waals surface area contributed by atoms with Gasteiger partial charge in [-0.15, -0.1) is 0 Å². The number of carbonyl (C=O) groups excluding carboxylic acids is 1. The Morgan fingerprint density at radius 3 is 2.58 bits per heavy atom. The van der Waals surface area contributed by atoms with Crippen LogP contribution in [0.15, 0.2) is 77.2 Å². The van der Waals surface area contributed by atoms with Crippen molar-refractivity contribution in [2.24, 2.45) is 0 Å². The third-order valence-corrected chi connectivity index (χ3v) is 5.78. The molecule has 0 aliphatic carbocycles. The summed E-state index contributed by atoms with van der Waals surface area (Å²) in [5, 5.41) is 12.5. The van der Waals surface area contributed by atoms with Crippen LogP contribution in [0, 0.1) is 32.1 Å². The van der Waals surface area contributed by atoms with Crippen LogP contribution in [-0.2, 0) is 11.2 Å². The second-order valence-corrected chi connectivity index (χ2v) is 8.55. The Morgan fingerprint density at radius 1 is 1.08 bits per heavy atom. The zero-order valence-corrected chi connectivity index (χ0v) is 20.4. The second-order valence-electron chi connectivity index (χ2n) is 8.55. The first-order valence-corrected chi connectivity index (χ1v) is 11.6. The third kappa shape index (κ3) is 5.34. The number of amides is 1. The molecule has 0 unspecified atom stereocenters. The lowest BCUT2D eigenvalue weighted by Gasteiger charge is -2.13. The van der Waals surface area contributed by atoms with Gasteiger partial charge in [0.25, 0.3) is 11.5 Å². The van der Waals surface area contributed by atoms with E-state index in [2.05, 4.69) is 10.3 Å². The van der Waals surface area contributed by atoms with E-state index in [1.165, 1.54) is 10.5 Å². The first-order valence-electron chi connectivity index (χ1n) is 11.6. The number of rotatable bonds is 7. The summed E-state index contributed by atoms with van der Waals surface area (Å²) in [5.41, 5.74) is 3.61. The van der Waals surface area contributed by atoms with Crippen LogP contribution in [0.1, 0.15) is 27.8 Å². The number of aromatic nitrogens is 2. The first-order chi connectivity index (χ1) is 17.4. The van der Waals surface area contributed by atoms with Gasteiger partial charge in [0.15, 0.2) is 0 Å². The number of nitrogens with zero attached hydrogens (tertiary/aromatic N) is 3. The average Bonchev–Trinajstić information content (AvgIpc) is 2.87. The summed E-state index contributed by atoms with van der Waals surface area (Å²) in [6.45, 7) is 6.07. The molecule has 0 aliphatic rings. The van der Waals surface area contributed by atoms with Gasteiger partial charge in [-0.05, 0) is 62.1 Å². The Bertz CT molecular complexity index is 1560. The fraction of sp³-hybridized carbons (Fsp3) is 0.172. The van der Waals surface area contributed by atoms with Gasteiger partial charge < -0.3 is 10.1 Å². The molecule has 4 aromatic rings. The summed E-state index contributed by atoms with van der Waals surface area (Å²) >= 11 is 0. The van der Waals surface area contributed by atoms with Crippen LogP contribution in [-0.4, -0.2) is 21.8 Å². The van der Waals surface area contributed by atoms with Crippen LogP contribution in [0.25, 0.3) is 11.7 Å². The molecule has 4 rings (SSSR count). The van der Waals surface area contributed by atoms with Gasteiger partial charge >= 0.3 is 0 Å². The number of carbonyl (C=O) groups is 1. The lowest BCUT2D eigenvalue weighted by Crippen LogP contribution is -2.27. The molecular formula is C29H26N4O3. The van der Waals surface area contributed by atoms with Crippen molar-refractivity contribution < 1.29 is 9.53 Å². The molecule has 7 heteroatoms. The SMILES string of the molecule is Cc1ccc(Oc2nc3c(C)cccn3c(=O)c2/C=C(\C#N)C(=O)NCCc2ccccc2)c(C)c1. The van der Waals surface area contributed by atoms with Crippen molar-refractivity contribution in [2.75, 3.05) is 6.54 Å². The molecule has 2 heterocycles. The number of benzene rings is 2. The van der Waals surface area contributed by atoms with Crippen LogP contribution in [0.3, 0.4) is 0 Å². The van der Waals surface area contributed by atoms with Crippen LogP contribution < -0.4 is 15.6 Å². The molecule has 180 valence electrons. The molecule has 0 radical (unpaired) electrons. The van der Waals surface area contributed by atoms with Crippen molar-refractivity contribution in [2.45, 2.75) is 27.2 Å². The maximum atomic E-state index is 13.5. The van der Waals surface area contributed by atoms with E-state index in [0.29, 0.717) is 24.4 Å². The first kappa shape index (κ1) is 24.4. The van der Waals surface area contributed by atoms with Crippen molar-refractivity contribution in [3.05, 3.63) is 111 Å². The van der Waals surface area contributed by atoms with Gasteiger partial charge in [0.1, 0.15) is 28.6 Å². The average molecular weight is 479 g/mol. The zero-order valence-electron chi connectivity index (χ0n) is 20.4. The van der Waals surface area contributed by atoms with Gasteiger partial charge in [-0.1, -0.05) is 54.1 Å². The minimum absolute atomic E-state index is 0.0211. The second kappa shape index (κ2) is 10.7. The fourth-order valence-electron chi connectivity index (χ4n) is 3.86. The summed E-state index contributed by atoms with van der Waals surface area (Å²) in [6.07, 6.45) is 3.47. The number of fused-ring (bicyclic) bond motifs is 1. The number of hydrogen-bond acceptors (Lipinski definition) is 5. The van der Waals surface area contributed by atoms with E-state index < -0.39 is 11.5 Å². The third-order valence-electron chi connectivity index (χ3n) is 5.78. The van der Waals surface area contributed by atoms with Crippen molar-refractivity contribution in [3.8, 4) is 17.7 Å². The van der Waals surface area contributed by atoms with Gasteiger partial charge in [0.05, 0.1) is 0 Å². The predicted octanol–water partition coefficient (Wildman–Crippen LogP) is 4.68. The molecule has 0 aliphatic heterocycles. The summed E-state index contributed by atoms with van der Waals surface area (Å²) in [7, 11) is 0. The molecule has 0 saturated heterocycles. The quantitative estimate of drug-likeness (QED) is 0.307. The number of aryl methyl sites for hydroxylation is 3. The fourth-order valence-corrected chi connectivity index (χ4v) is 3.86. The van der Waals surface area contributed by atoms with Crippen LogP contribution >= 0.6 is 0 Å². The van der Waals surface area contributed by atoms with E-state index >= 15 is 0 Å². The molecule has 0 bridgehead atoms. The number of nitrogens with one attached hydrogen (secondary N) is 1. The highest BCUT2D eigenvalue weighted by Crippen LogP contribution is 2.28. The molecule has 0 fully saturated rings. The number of pyridine rings is 1. The number of ether oxygens (including phenoxy) is 1. The largest absolute Gasteiger partial charge is 0.438 e. The molecule has 0 atom stereocenters. The minimum Gasteiger partial charge on any atom is -0.438 e. The maximum absolute atomic E-state index is 13.5. The van der Waals surface area contributed by atoms with Crippen LogP contribution in [0.5, 0.6) is 11.6 Å². The predicted molar refractivity (Wildman–Crippen MR) is 139 cm³/mol. The Labute approximate surface area is 209 Å². The summed E-state index contributed by atoms with van der Waals surface area (Å²) in [5.74, 6) is -0.00312. The molecule has 1 N–H and O–H groups in total. The Balaban J connectivity index is 1.72. The lowest BCUT2D eigenvalue weighted by molar-refractivity contribution is -0.117. The van der Waals surface area contributed by atoms with Gasteiger partial charge in [0.2, 0.25) is 5.88 Å². The molecule has 36 heavy (non-hydrogen) atoms. The van der Waals surface area contributed by atoms with Crippen molar-refractivity contribution in [1.82, 2.24) is 14.7 Å². The summed E-state index contributed by atoms with van der Waals surface area (Å²) < 4.78 is 7.48. The van der Waals surface area contributed by atoms with Gasteiger partial charge in [0, 0.05) is 12.7 Å². The van der Waals surface area contributed by atoms with Crippen molar-refractivity contribution in [3.63, 3.8) is 0 Å². The summed E-state index contributed by atoms with van der Waals surface area (Å²) in [4.78, 5) is 30.8. The standard InChI is InChI=1S/C29H26N4O3/c1-19-11-12-25(21(3)16-19)36-28-24(29(35)33-15-7-8-20(2)26(33)32-28)17-23(18-30)27(34)31-14-13-22-9-5-4-6-10-22/h4-12,15-17H,13-14H2,1-3H3,(H,31,34)/b23-17+. The number of nitriles is 1. The molecule has 1 amide bonds. The smallest absolute Gasteiger partial charge is 0.269 e. The molecule has 0 saturated carbocycles. The molecule has 2 aromatic heterocycles. The van der Waals surface area contributed by atoms with Gasteiger partial charge in [-0.3, -0.25) is 14.0 Å². The van der Waals surface area contributed by atoms with Gasteiger partial charge in [-0.25, -0.2) is 0 Å². The van der Waals surface area contributed by atoms with E-state index in [1.54, 1.807) is 18.3 Å². The van der Waals surface area contributed by atoms with E-state index in [4.69, 9.17) is 4.74 Å². The minimum atomic E-state index is -0.570. The molecular weight excluding hydrogens is 452 g/mol. The van der Waals surface area contributed by atoms with E-state index in [9.17, 15) is 14.9 Å². The Hall–Kier alpha value is -4.70. The molecule has 0 spiro atoms. The monoisotopic (exact) mass is 478 g/mol. The number of hydrogen-bond donors (Lipinski definition) is 1. The Morgan fingerprint density at radius 2 is 1.86 bits per heavy atom. The van der Waals surface area contributed by atoms with Crippen molar-refractivity contribution in [1.29, 1.82) is 5.26 Å². The van der Waals surface area contributed by atoms with E-state index in [-0.39, 0.29) is 17.0 Å². The van der Waals surface area contributed by atoms with Gasteiger partial charge in [-0.2, -0.15) is 10.2 Å². The highest BCUT2D eigenvalue weighted by atomic mass is 16.5. The van der Waals surface area contributed by atoms with E-state index in [0.717, 1.165) is 22.3 Å². The Kier molecular flexibility index (Phi) is 7.26. The normalized spacial score (nSPS) is 11.2. The maximum Gasteiger partial charge on any atom is 0.269 e. The molecule has 2 aromatic carbocycles. The van der Waals surface area contributed by atoms with Crippen LogP contribution in [0.2, 0.25) is 0 Å². The zero-order chi connectivity index (χ0) is 25.7. The van der Waals surface area contributed by atoms with Crippen molar-refractivity contribution >= 4 is 17.6 Å².